The summed E-state index contributed by atoms with van der Waals surface area (Å²) < 4.78 is 63.0. The third-order valence-corrected chi connectivity index (χ3v) is 9.37. The molecule has 1 heterocycles. The van der Waals surface area contributed by atoms with Crippen molar-refractivity contribution in [3.63, 3.8) is 0 Å². The lowest BCUT2D eigenvalue weighted by Crippen LogP contribution is -2.37. The van der Waals surface area contributed by atoms with Crippen LogP contribution in [0.25, 0.3) is 0 Å². The second-order valence-corrected chi connectivity index (χ2v) is 12.0. The normalized spacial score (nSPS) is 40.8. The molecule has 0 amide bonds. The van der Waals surface area contributed by atoms with Gasteiger partial charge in [-0.15, -0.1) is 0 Å². The van der Waals surface area contributed by atoms with E-state index in [1.165, 1.54) is 64.2 Å². The minimum atomic E-state index is -4.55. The van der Waals surface area contributed by atoms with Gasteiger partial charge in [-0.1, -0.05) is 32.6 Å². The van der Waals surface area contributed by atoms with Crippen LogP contribution in [0, 0.1) is 41.4 Å². The Labute approximate surface area is 203 Å². The quantitative estimate of drug-likeness (QED) is 0.349. The van der Waals surface area contributed by atoms with E-state index in [2.05, 4.69) is 6.92 Å². The van der Waals surface area contributed by atoms with Crippen LogP contribution in [0.5, 0.6) is 0 Å². The maximum absolute atomic E-state index is 13.9. The summed E-state index contributed by atoms with van der Waals surface area (Å²) >= 11 is 0. The smallest absolute Gasteiger partial charge is 0.352 e. The van der Waals surface area contributed by atoms with E-state index < -0.39 is 17.9 Å². The number of allylic oxidation sites excluding steroid dienone is 2. The first kappa shape index (κ1) is 26.4. The van der Waals surface area contributed by atoms with E-state index in [4.69, 9.17) is 9.47 Å². The maximum Gasteiger partial charge on any atom is 0.412 e. The van der Waals surface area contributed by atoms with Crippen LogP contribution >= 0.6 is 0 Å². The van der Waals surface area contributed by atoms with Gasteiger partial charge in [-0.3, -0.25) is 0 Å². The summed E-state index contributed by atoms with van der Waals surface area (Å²) in [4.78, 5) is 0. The van der Waals surface area contributed by atoms with Crippen molar-refractivity contribution in [2.24, 2.45) is 41.4 Å². The van der Waals surface area contributed by atoms with Gasteiger partial charge in [-0.25, -0.2) is 4.39 Å². The van der Waals surface area contributed by atoms with Crippen molar-refractivity contribution in [1.29, 1.82) is 0 Å². The van der Waals surface area contributed by atoms with Crippen molar-refractivity contribution in [1.82, 2.24) is 0 Å². The van der Waals surface area contributed by atoms with Crippen molar-refractivity contribution >= 4 is 0 Å². The molecular weight excluding hydrogens is 444 g/mol. The molecule has 0 aromatic heterocycles. The minimum Gasteiger partial charge on any atom is -0.352 e. The van der Waals surface area contributed by atoms with E-state index in [-0.39, 0.29) is 12.4 Å². The van der Waals surface area contributed by atoms with E-state index in [1.807, 2.05) is 0 Å². The average molecular weight is 489 g/mol. The Morgan fingerprint density at radius 3 is 1.62 bits per heavy atom. The van der Waals surface area contributed by atoms with Crippen LogP contribution in [0.1, 0.15) is 96.8 Å². The molecule has 4 fully saturated rings. The molecule has 2 nitrogen and oxygen atoms in total. The van der Waals surface area contributed by atoms with E-state index in [1.54, 1.807) is 0 Å². The standard InChI is InChI=1S/C28H44F4O2/c1-19-17-33-27(34-18-19)25-10-6-21(7-11-25)3-2-20-4-8-22(9-5-20)23-12-14-24(15-13-23)26(29)16-28(30,31)32/h16,19-25,27H,2-15,17-18H2,1H3/b26-16-. The highest BCUT2D eigenvalue weighted by Crippen LogP contribution is 2.45. The number of alkyl halides is 3. The third kappa shape index (κ3) is 7.69. The van der Waals surface area contributed by atoms with Crippen LogP contribution in [0.15, 0.2) is 11.9 Å². The first-order chi connectivity index (χ1) is 16.3. The molecule has 0 aromatic carbocycles. The molecule has 0 spiro atoms. The lowest BCUT2D eigenvalue weighted by molar-refractivity contribution is -0.226. The molecule has 0 atom stereocenters. The van der Waals surface area contributed by atoms with E-state index in [0.717, 1.165) is 37.9 Å². The van der Waals surface area contributed by atoms with Crippen molar-refractivity contribution in [2.45, 2.75) is 109 Å². The molecule has 34 heavy (non-hydrogen) atoms. The molecule has 0 N–H and O–H groups in total. The molecule has 6 heteroatoms. The lowest BCUT2D eigenvalue weighted by atomic mass is 9.68. The Balaban J connectivity index is 1.09. The molecule has 1 aliphatic heterocycles. The van der Waals surface area contributed by atoms with Crippen molar-refractivity contribution < 1.29 is 27.0 Å². The zero-order valence-corrected chi connectivity index (χ0v) is 20.8. The molecule has 0 bridgehead atoms. The summed E-state index contributed by atoms with van der Waals surface area (Å²) in [5, 5.41) is 0. The van der Waals surface area contributed by atoms with Crippen LogP contribution < -0.4 is 0 Å². The van der Waals surface area contributed by atoms with Gasteiger partial charge in [0.25, 0.3) is 0 Å². The summed E-state index contributed by atoms with van der Waals surface area (Å²) in [6.45, 7) is 3.84. The van der Waals surface area contributed by atoms with Gasteiger partial charge in [-0.2, -0.15) is 13.2 Å². The molecule has 3 aliphatic carbocycles. The fourth-order valence-electron chi connectivity index (χ4n) is 7.20. The lowest BCUT2D eigenvalue weighted by Gasteiger charge is -2.39. The van der Waals surface area contributed by atoms with Crippen LogP contribution in [0.2, 0.25) is 0 Å². The topological polar surface area (TPSA) is 18.5 Å². The van der Waals surface area contributed by atoms with Gasteiger partial charge >= 0.3 is 6.18 Å². The van der Waals surface area contributed by atoms with Crippen LogP contribution in [0.3, 0.4) is 0 Å². The highest BCUT2D eigenvalue weighted by molar-refractivity contribution is 5.03. The van der Waals surface area contributed by atoms with Crippen LogP contribution in [-0.2, 0) is 9.47 Å². The predicted molar refractivity (Wildman–Crippen MR) is 126 cm³/mol. The van der Waals surface area contributed by atoms with Crippen LogP contribution in [0.4, 0.5) is 17.6 Å². The van der Waals surface area contributed by atoms with E-state index in [0.29, 0.717) is 36.5 Å². The molecule has 0 radical (unpaired) electrons. The second-order valence-electron chi connectivity index (χ2n) is 12.0. The molecule has 0 aromatic rings. The molecule has 1 saturated heterocycles. The number of hydrogen-bond acceptors (Lipinski definition) is 2. The predicted octanol–water partition coefficient (Wildman–Crippen LogP) is 8.61. The molecule has 196 valence electrons. The van der Waals surface area contributed by atoms with Gasteiger partial charge in [0.15, 0.2) is 6.29 Å². The molecule has 3 saturated carbocycles. The van der Waals surface area contributed by atoms with Crippen LogP contribution in [-0.4, -0.2) is 25.7 Å². The largest absolute Gasteiger partial charge is 0.412 e. The number of ether oxygens (including phenoxy) is 2. The van der Waals surface area contributed by atoms with Gasteiger partial charge in [-0.05, 0) is 87.9 Å². The Morgan fingerprint density at radius 2 is 1.15 bits per heavy atom. The maximum atomic E-state index is 13.9. The number of hydrogen-bond donors (Lipinski definition) is 0. The summed E-state index contributed by atoms with van der Waals surface area (Å²) in [7, 11) is 0. The van der Waals surface area contributed by atoms with Crippen molar-refractivity contribution in [2.75, 3.05) is 13.2 Å². The fraction of sp³-hybridized carbons (Fsp3) is 0.929. The third-order valence-electron chi connectivity index (χ3n) is 9.37. The highest BCUT2D eigenvalue weighted by Gasteiger charge is 2.35. The molecular formula is C28H44F4O2. The average Bonchev–Trinajstić information content (AvgIpc) is 2.83. The van der Waals surface area contributed by atoms with Gasteiger partial charge in [0, 0.05) is 17.8 Å². The minimum absolute atomic E-state index is 0.0275. The summed E-state index contributed by atoms with van der Waals surface area (Å²) in [5.74, 6) is 2.57. The van der Waals surface area contributed by atoms with E-state index >= 15 is 0 Å². The molecule has 4 rings (SSSR count). The van der Waals surface area contributed by atoms with E-state index in [9.17, 15) is 17.6 Å². The first-order valence-electron chi connectivity index (χ1n) is 13.9. The van der Waals surface area contributed by atoms with Gasteiger partial charge < -0.3 is 9.47 Å². The zero-order valence-electron chi connectivity index (χ0n) is 20.8. The van der Waals surface area contributed by atoms with Gasteiger partial charge in [0.05, 0.1) is 19.3 Å². The molecule has 4 aliphatic rings. The molecule has 0 unspecified atom stereocenters. The number of rotatable bonds is 6. The fourth-order valence-corrected chi connectivity index (χ4v) is 7.20. The summed E-state index contributed by atoms with van der Waals surface area (Å²) in [5.41, 5.74) is 0. The zero-order chi connectivity index (χ0) is 24.1. The summed E-state index contributed by atoms with van der Waals surface area (Å²) in [6, 6.07) is 0. The Morgan fingerprint density at radius 1 is 0.706 bits per heavy atom. The Bertz CT molecular complexity index is 631. The van der Waals surface area contributed by atoms with Gasteiger partial charge in [0.1, 0.15) is 5.83 Å². The SMILES string of the molecule is CC1COC(C2CCC(CCC3CCC(C4CCC(/C(F)=C/C(F)(F)F)CC4)CC3)CC2)OC1. The Hall–Kier alpha value is -0.620. The Kier molecular flexibility index (Phi) is 9.39. The summed E-state index contributed by atoms with van der Waals surface area (Å²) in [6.07, 6.45) is 11.1. The number of halogens is 4. The van der Waals surface area contributed by atoms with Crippen molar-refractivity contribution in [3.8, 4) is 0 Å². The van der Waals surface area contributed by atoms with Crippen molar-refractivity contribution in [3.05, 3.63) is 11.9 Å². The monoisotopic (exact) mass is 488 g/mol. The first-order valence-corrected chi connectivity index (χ1v) is 13.9. The second kappa shape index (κ2) is 12.1. The van der Waals surface area contributed by atoms with Gasteiger partial charge in [0.2, 0.25) is 0 Å². The highest BCUT2D eigenvalue weighted by atomic mass is 19.4.